The lowest BCUT2D eigenvalue weighted by atomic mass is 9.91. The number of amides is 1. The predicted octanol–water partition coefficient (Wildman–Crippen LogP) is 3.49. The van der Waals surface area contributed by atoms with Crippen LogP contribution < -0.4 is 0 Å². The maximum absolute atomic E-state index is 12.8. The largest absolute Gasteiger partial charge is 0.508 e. The Morgan fingerprint density at radius 1 is 1.12 bits per heavy atom. The second-order valence-electron chi connectivity index (χ2n) is 6.69. The van der Waals surface area contributed by atoms with Gasteiger partial charge in [-0.1, -0.05) is 31.5 Å². The Hall–Kier alpha value is -2.14. The van der Waals surface area contributed by atoms with Crippen molar-refractivity contribution < 1.29 is 20.1 Å². The number of hydrogen-bond donors (Lipinski definition) is 3. The number of halogens is 1. The lowest BCUT2D eigenvalue weighted by Crippen LogP contribution is -2.29. The number of carbonyl (C=O) groups excluding carboxylic acids is 1. The third-order valence-corrected chi connectivity index (χ3v) is 4.99. The molecule has 0 spiro atoms. The number of aromatic hydroxyl groups is 2. The van der Waals surface area contributed by atoms with E-state index in [1.165, 1.54) is 6.07 Å². The van der Waals surface area contributed by atoms with Crippen LogP contribution >= 0.6 is 11.6 Å². The van der Waals surface area contributed by atoms with Crippen molar-refractivity contribution in [2.45, 2.75) is 19.8 Å². The summed E-state index contributed by atoms with van der Waals surface area (Å²) in [6.07, 6.45) is 3.45. The minimum Gasteiger partial charge on any atom is -0.508 e. The zero-order valence-corrected chi connectivity index (χ0v) is 14.3. The van der Waals surface area contributed by atoms with Crippen molar-refractivity contribution in [3.63, 3.8) is 0 Å². The molecule has 1 aromatic carbocycles. The average molecular weight is 350 g/mol. The fourth-order valence-corrected chi connectivity index (χ4v) is 3.55. The van der Waals surface area contributed by atoms with Crippen LogP contribution in [0.15, 0.2) is 35.1 Å². The Balaban J connectivity index is 1.88. The molecule has 2 atom stereocenters. The monoisotopic (exact) mass is 349 g/mol. The minimum absolute atomic E-state index is 0.0141. The highest BCUT2D eigenvalue weighted by Gasteiger charge is 2.36. The summed E-state index contributed by atoms with van der Waals surface area (Å²) in [6, 6.07) is 2.77. The Bertz CT molecular complexity index is 728. The van der Waals surface area contributed by atoms with Crippen molar-refractivity contribution in [3.8, 4) is 11.5 Å². The molecule has 1 amide bonds. The maximum Gasteiger partial charge on any atom is 0.257 e. The first-order valence-corrected chi connectivity index (χ1v) is 8.29. The molecular formula is C18H20ClNO4. The van der Waals surface area contributed by atoms with Crippen molar-refractivity contribution in [1.82, 2.24) is 4.90 Å². The number of carbonyl (C=O) groups is 1. The summed E-state index contributed by atoms with van der Waals surface area (Å²) >= 11 is 5.95. The van der Waals surface area contributed by atoms with Crippen LogP contribution in [0.1, 0.15) is 35.7 Å². The highest BCUT2D eigenvalue weighted by Crippen LogP contribution is 2.37. The summed E-state index contributed by atoms with van der Waals surface area (Å²) < 4.78 is 0. The molecule has 1 saturated heterocycles. The van der Waals surface area contributed by atoms with E-state index in [-0.39, 0.29) is 46.5 Å². The van der Waals surface area contributed by atoms with Gasteiger partial charge in [-0.25, -0.2) is 0 Å². The lowest BCUT2D eigenvalue weighted by molar-refractivity contribution is 0.0784. The van der Waals surface area contributed by atoms with Crippen molar-refractivity contribution in [2.24, 2.45) is 11.8 Å². The average Bonchev–Trinajstić information content (AvgIpc) is 2.89. The number of allylic oxidation sites excluding steroid dienone is 1. The van der Waals surface area contributed by atoms with Crippen LogP contribution in [0.2, 0.25) is 0 Å². The third kappa shape index (κ3) is 2.84. The molecule has 5 nitrogen and oxygen atoms in total. The summed E-state index contributed by atoms with van der Waals surface area (Å²) in [7, 11) is 0. The van der Waals surface area contributed by atoms with Crippen molar-refractivity contribution in [2.75, 3.05) is 13.1 Å². The van der Waals surface area contributed by atoms with Gasteiger partial charge in [0.25, 0.3) is 5.91 Å². The molecule has 1 aliphatic carbocycles. The zero-order chi connectivity index (χ0) is 17.6. The Labute approximate surface area is 145 Å². The fourth-order valence-electron chi connectivity index (χ4n) is 3.33. The van der Waals surface area contributed by atoms with Crippen molar-refractivity contribution >= 4 is 17.5 Å². The molecular weight excluding hydrogens is 330 g/mol. The number of rotatable bonds is 2. The van der Waals surface area contributed by atoms with E-state index in [2.05, 4.69) is 0 Å². The van der Waals surface area contributed by atoms with E-state index in [1.807, 2.05) is 13.8 Å². The number of hydrogen-bond acceptors (Lipinski definition) is 4. The standard InChI is InChI=1S/C18H20ClNO4/c1-9(2)12-5-13(16(22)6-15(12)21)18(24)20-7-10-3-14(19)17(23)4-11(10)8-20/h3-6,9-11,21-23H,7-8H2,1-2H3. The molecule has 0 radical (unpaired) electrons. The van der Waals surface area contributed by atoms with Crippen LogP contribution in [-0.2, 0) is 0 Å². The van der Waals surface area contributed by atoms with Crippen LogP contribution in [0.25, 0.3) is 0 Å². The number of benzene rings is 1. The van der Waals surface area contributed by atoms with Gasteiger partial charge >= 0.3 is 0 Å². The Morgan fingerprint density at radius 3 is 2.38 bits per heavy atom. The van der Waals surface area contributed by atoms with Crippen LogP contribution in [0, 0.1) is 11.8 Å². The number of aliphatic hydroxyl groups is 1. The van der Waals surface area contributed by atoms with Gasteiger partial charge in [-0.3, -0.25) is 4.79 Å². The molecule has 3 rings (SSSR count). The van der Waals surface area contributed by atoms with Gasteiger partial charge in [-0.05, 0) is 23.6 Å². The van der Waals surface area contributed by atoms with E-state index in [9.17, 15) is 20.1 Å². The highest BCUT2D eigenvalue weighted by molar-refractivity contribution is 6.31. The molecule has 3 N–H and O–H groups in total. The Morgan fingerprint density at radius 2 is 1.75 bits per heavy atom. The predicted molar refractivity (Wildman–Crippen MR) is 91.4 cm³/mol. The van der Waals surface area contributed by atoms with Crippen molar-refractivity contribution in [1.29, 1.82) is 0 Å². The van der Waals surface area contributed by atoms with E-state index >= 15 is 0 Å². The molecule has 2 aliphatic rings. The molecule has 0 saturated carbocycles. The quantitative estimate of drug-likeness (QED) is 0.763. The number of likely N-dealkylation sites (tertiary alicyclic amines) is 1. The first-order valence-electron chi connectivity index (χ1n) is 7.91. The molecule has 6 heteroatoms. The van der Waals surface area contributed by atoms with Crippen LogP contribution in [0.3, 0.4) is 0 Å². The summed E-state index contributed by atoms with van der Waals surface area (Å²) in [5.74, 6) is -0.398. The first kappa shape index (κ1) is 16.7. The van der Waals surface area contributed by atoms with Crippen LogP contribution in [-0.4, -0.2) is 39.2 Å². The number of fused-ring (bicyclic) bond motifs is 1. The lowest BCUT2D eigenvalue weighted by Gasteiger charge is -2.18. The van der Waals surface area contributed by atoms with E-state index in [0.717, 1.165) is 0 Å². The van der Waals surface area contributed by atoms with E-state index < -0.39 is 0 Å². The molecule has 128 valence electrons. The van der Waals surface area contributed by atoms with E-state index in [4.69, 9.17) is 11.6 Å². The van der Waals surface area contributed by atoms with E-state index in [1.54, 1.807) is 23.1 Å². The van der Waals surface area contributed by atoms with Gasteiger partial charge in [0.05, 0.1) is 10.6 Å². The molecule has 0 bridgehead atoms. The normalized spacial score (nSPS) is 23.1. The highest BCUT2D eigenvalue weighted by atomic mass is 35.5. The zero-order valence-electron chi connectivity index (χ0n) is 13.5. The molecule has 0 aromatic heterocycles. The molecule has 1 aromatic rings. The summed E-state index contributed by atoms with van der Waals surface area (Å²) in [6.45, 7) is 4.74. The molecule has 1 fully saturated rings. The van der Waals surface area contributed by atoms with Crippen LogP contribution in [0.4, 0.5) is 0 Å². The van der Waals surface area contributed by atoms with Gasteiger partial charge < -0.3 is 20.2 Å². The number of phenolic OH excluding ortho intramolecular Hbond substituents is 2. The fraction of sp³-hybridized carbons (Fsp3) is 0.389. The molecule has 24 heavy (non-hydrogen) atoms. The van der Waals surface area contributed by atoms with Gasteiger partial charge in [0, 0.05) is 31.0 Å². The first-order chi connectivity index (χ1) is 11.3. The summed E-state index contributed by atoms with van der Waals surface area (Å²) in [5.41, 5.74) is 0.798. The number of phenols is 2. The topological polar surface area (TPSA) is 81.0 Å². The van der Waals surface area contributed by atoms with Gasteiger partial charge in [0.15, 0.2) is 0 Å². The number of aliphatic hydroxyl groups excluding tert-OH is 1. The second kappa shape index (κ2) is 6.06. The van der Waals surface area contributed by atoms with Gasteiger partial charge in [0.1, 0.15) is 17.3 Å². The summed E-state index contributed by atoms with van der Waals surface area (Å²) in [4.78, 5) is 14.4. The van der Waals surface area contributed by atoms with Gasteiger partial charge in [-0.15, -0.1) is 0 Å². The van der Waals surface area contributed by atoms with Gasteiger partial charge in [-0.2, -0.15) is 0 Å². The molecule has 1 aliphatic heterocycles. The van der Waals surface area contributed by atoms with Crippen molar-refractivity contribution in [3.05, 3.63) is 46.2 Å². The number of nitrogens with zero attached hydrogens (tertiary/aromatic N) is 1. The molecule has 2 unspecified atom stereocenters. The third-order valence-electron chi connectivity index (χ3n) is 4.67. The van der Waals surface area contributed by atoms with E-state index in [0.29, 0.717) is 23.7 Å². The Kier molecular flexibility index (Phi) is 4.22. The minimum atomic E-state index is -0.291. The van der Waals surface area contributed by atoms with Crippen LogP contribution in [0.5, 0.6) is 11.5 Å². The summed E-state index contributed by atoms with van der Waals surface area (Å²) in [5, 5.41) is 30.0. The maximum atomic E-state index is 12.8. The molecule has 1 heterocycles. The van der Waals surface area contributed by atoms with Gasteiger partial charge in [0.2, 0.25) is 0 Å². The smallest absolute Gasteiger partial charge is 0.257 e. The second-order valence-corrected chi connectivity index (χ2v) is 7.09. The SMILES string of the molecule is CC(C)c1cc(C(=O)N2CC3C=C(O)C(Cl)=CC3C2)c(O)cc1O.